The number of hydrogen-bond acceptors (Lipinski definition) is 2. The molecule has 3 amide bonds. The van der Waals surface area contributed by atoms with Crippen molar-refractivity contribution in [1.29, 1.82) is 0 Å². The summed E-state index contributed by atoms with van der Waals surface area (Å²) in [7, 11) is 0. The third-order valence-electron chi connectivity index (χ3n) is 7.10. The van der Waals surface area contributed by atoms with Gasteiger partial charge in [-0.2, -0.15) is 0 Å². The Hall–Kier alpha value is -2.04. The molecule has 29 heavy (non-hydrogen) atoms. The summed E-state index contributed by atoms with van der Waals surface area (Å²) in [6.45, 7) is 9.53. The Morgan fingerprint density at radius 2 is 1.69 bits per heavy atom. The summed E-state index contributed by atoms with van der Waals surface area (Å²) >= 11 is 0. The van der Waals surface area contributed by atoms with Crippen molar-refractivity contribution in [2.45, 2.75) is 71.8 Å². The summed E-state index contributed by atoms with van der Waals surface area (Å²) in [4.78, 5) is 25.6. The molecule has 0 heterocycles. The molecule has 5 rings (SSSR count). The number of nitrogens with one attached hydrogen (secondary N) is 3. The van der Waals surface area contributed by atoms with Gasteiger partial charge in [-0.05, 0) is 73.3 Å². The van der Waals surface area contributed by atoms with Gasteiger partial charge in [0.15, 0.2) is 0 Å². The predicted molar refractivity (Wildman–Crippen MR) is 116 cm³/mol. The molecular weight excluding hydrogens is 362 g/mol. The molecule has 4 aliphatic carbocycles. The van der Waals surface area contributed by atoms with Gasteiger partial charge in [0.2, 0.25) is 0 Å². The summed E-state index contributed by atoms with van der Waals surface area (Å²) in [6, 6.07) is 7.04. The average Bonchev–Trinajstić information content (AvgIpc) is 2.56. The van der Waals surface area contributed by atoms with Crippen LogP contribution in [0.1, 0.15) is 76.6 Å². The molecule has 1 aromatic carbocycles. The van der Waals surface area contributed by atoms with E-state index >= 15 is 0 Å². The molecule has 158 valence electrons. The van der Waals surface area contributed by atoms with Gasteiger partial charge in [0.1, 0.15) is 0 Å². The number of hydrogen-bond donors (Lipinski definition) is 3. The van der Waals surface area contributed by atoms with Gasteiger partial charge in [-0.1, -0.05) is 39.8 Å². The van der Waals surface area contributed by atoms with Gasteiger partial charge < -0.3 is 16.0 Å². The Morgan fingerprint density at radius 1 is 1.03 bits per heavy atom. The van der Waals surface area contributed by atoms with Crippen LogP contribution in [0.3, 0.4) is 0 Å². The lowest BCUT2D eigenvalue weighted by atomic mass is 9.43. The van der Waals surface area contributed by atoms with Crippen LogP contribution in [-0.2, 0) is 0 Å². The Balaban J connectivity index is 1.47. The zero-order chi connectivity index (χ0) is 20.9. The van der Waals surface area contributed by atoms with Crippen LogP contribution in [0.25, 0.3) is 0 Å². The summed E-state index contributed by atoms with van der Waals surface area (Å²) < 4.78 is 0. The predicted octanol–water partition coefficient (Wildman–Crippen LogP) is 4.94. The van der Waals surface area contributed by atoms with Crippen LogP contribution in [0, 0.1) is 22.7 Å². The maximum atomic E-state index is 13.0. The minimum atomic E-state index is -0.191. The molecule has 0 aliphatic heterocycles. The fourth-order valence-electron chi connectivity index (χ4n) is 7.16. The molecule has 5 nitrogen and oxygen atoms in total. The van der Waals surface area contributed by atoms with E-state index in [9.17, 15) is 9.59 Å². The van der Waals surface area contributed by atoms with Crippen LogP contribution < -0.4 is 16.0 Å². The molecule has 0 spiro atoms. The molecule has 4 aliphatic rings. The summed E-state index contributed by atoms with van der Waals surface area (Å²) in [5, 5.41) is 9.26. The molecule has 4 atom stereocenters. The Bertz CT molecular complexity index is 800. The van der Waals surface area contributed by atoms with Crippen molar-refractivity contribution < 1.29 is 9.59 Å². The van der Waals surface area contributed by atoms with Gasteiger partial charge in [0.25, 0.3) is 5.91 Å². The van der Waals surface area contributed by atoms with Crippen LogP contribution in [0.4, 0.5) is 10.5 Å². The van der Waals surface area contributed by atoms with Gasteiger partial charge in [0, 0.05) is 12.1 Å². The minimum absolute atomic E-state index is 0.109. The number of carbonyl (C=O) groups excluding carboxylic acids is 2. The number of rotatable bonds is 5. The molecule has 0 aromatic heterocycles. The van der Waals surface area contributed by atoms with E-state index in [0.717, 1.165) is 25.2 Å². The lowest BCUT2D eigenvalue weighted by molar-refractivity contribution is -0.113. The largest absolute Gasteiger partial charge is 0.352 e. The van der Waals surface area contributed by atoms with Crippen LogP contribution in [0.5, 0.6) is 0 Å². The number of urea groups is 1. The number of benzene rings is 1. The second kappa shape index (κ2) is 7.03. The first-order valence-corrected chi connectivity index (χ1v) is 11.1. The third-order valence-corrected chi connectivity index (χ3v) is 7.10. The van der Waals surface area contributed by atoms with Gasteiger partial charge in [-0.3, -0.25) is 4.79 Å². The maximum absolute atomic E-state index is 13.0. The molecule has 2 unspecified atom stereocenters. The molecule has 0 saturated heterocycles. The lowest BCUT2D eigenvalue weighted by Crippen LogP contribution is -2.65. The summed E-state index contributed by atoms with van der Waals surface area (Å²) in [5.41, 5.74) is 1.65. The van der Waals surface area contributed by atoms with Crippen LogP contribution in [0.2, 0.25) is 0 Å². The van der Waals surface area contributed by atoms with Crippen LogP contribution >= 0.6 is 0 Å². The highest BCUT2D eigenvalue weighted by Gasteiger charge is 2.60. The first-order chi connectivity index (χ1) is 13.6. The first-order valence-electron chi connectivity index (χ1n) is 11.1. The van der Waals surface area contributed by atoms with E-state index in [2.05, 4.69) is 43.6 Å². The van der Waals surface area contributed by atoms with Crippen LogP contribution in [0.15, 0.2) is 24.3 Å². The zero-order valence-corrected chi connectivity index (χ0v) is 18.2. The average molecular weight is 398 g/mol. The number of carbonyl (C=O) groups is 2. The minimum Gasteiger partial charge on any atom is -0.352 e. The van der Waals surface area contributed by atoms with E-state index in [1.165, 1.54) is 19.3 Å². The van der Waals surface area contributed by atoms with Crippen molar-refractivity contribution in [2.75, 3.05) is 11.9 Å². The molecule has 4 saturated carbocycles. The van der Waals surface area contributed by atoms with Crippen molar-refractivity contribution in [3.05, 3.63) is 29.8 Å². The fourth-order valence-corrected chi connectivity index (χ4v) is 7.16. The van der Waals surface area contributed by atoms with E-state index in [1.54, 1.807) is 12.1 Å². The number of anilines is 1. The quantitative estimate of drug-likeness (QED) is 0.658. The molecule has 5 heteroatoms. The fraction of sp³-hybridized carbons (Fsp3) is 0.667. The molecule has 4 fully saturated rings. The van der Waals surface area contributed by atoms with Crippen molar-refractivity contribution in [3.63, 3.8) is 0 Å². The third kappa shape index (κ3) is 4.15. The Kier molecular flexibility index (Phi) is 4.91. The molecule has 3 N–H and O–H groups in total. The monoisotopic (exact) mass is 397 g/mol. The molecule has 0 radical (unpaired) electrons. The standard InChI is InChI=1S/C24H35N3O2/c1-16(2)12-25-20(28)18-7-5-6-8-19(18)26-21(29)27-24-11-17-9-22(3,14-24)13-23(4,10-17)15-24/h5-8,16-17H,9-15H2,1-4H3,(H,25,28)(H2,26,27,29)/t17?,22-,23+,24?. The second-order valence-electron chi connectivity index (χ2n) is 11.1. The van der Waals surface area contributed by atoms with Gasteiger partial charge >= 0.3 is 6.03 Å². The lowest BCUT2D eigenvalue weighted by Gasteiger charge is -2.65. The SMILES string of the molecule is CC(C)CNC(=O)c1ccccc1NC(=O)NC12CC3C[C@@](C)(C1)C[C@](C)(C3)C2. The van der Waals surface area contributed by atoms with Gasteiger partial charge in [0.05, 0.1) is 11.3 Å². The van der Waals surface area contributed by atoms with E-state index in [0.29, 0.717) is 34.5 Å². The smallest absolute Gasteiger partial charge is 0.319 e. The maximum Gasteiger partial charge on any atom is 0.319 e. The van der Waals surface area contributed by atoms with Gasteiger partial charge in [-0.25, -0.2) is 4.79 Å². The van der Waals surface area contributed by atoms with Gasteiger partial charge in [-0.15, -0.1) is 0 Å². The first kappa shape index (κ1) is 20.2. The highest BCUT2D eigenvalue weighted by atomic mass is 16.2. The summed E-state index contributed by atoms with van der Waals surface area (Å²) in [5.74, 6) is 0.946. The van der Waals surface area contributed by atoms with Crippen molar-refractivity contribution in [1.82, 2.24) is 10.6 Å². The van der Waals surface area contributed by atoms with E-state index in [1.807, 2.05) is 12.1 Å². The molecule has 4 bridgehead atoms. The van der Waals surface area contributed by atoms with E-state index in [-0.39, 0.29) is 17.5 Å². The van der Waals surface area contributed by atoms with Crippen molar-refractivity contribution in [2.24, 2.45) is 22.7 Å². The normalized spacial score (nSPS) is 34.9. The Labute approximate surface area is 174 Å². The number of para-hydroxylation sites is 1. The topological polar surface area (TPSA) is 70.2 Å². The summed E-state index contributed by atoms with van der Waals surface area (Å²) in [6.07, 6.45) is 7.09. The van der Waals surface area contributed by atoms with Crippen molar-refractivity contribution in [3.8, 4) is 0 Å². The van der Waals surface area contributed by atoms with Crippen molar-refractivity contribution >= 4 is 17.6 Å². The highest BCUT2D eigenvalue weighted by Crippen LogP contribution is 2.66. The van der Waals surface area contributed by atoms with E-state index in [4.69, 9.17) is 0 Å². The van der Waals surface area contributed by atoms with E-state index < -0.39 is 0 Å². The Morgan fingerprint density at radius 3 is 2.31 bits per heavy atom. The number of amides is 3. The second-order valence-corrected chi connectivity index (χ2v) is 11.1. The zero-order valence-electron chi connectivity index (χ0n) is 18.2. The highest BCUT2D eigenvalue weighted by molar-refractivity contribution is 6.03. The van der Waals surface area contributed by atoms with Crippen LogP contribution in [-0.4, -0.2) is 24.0 Å². The molecular formula is C24H35N3O2. The molecule has 1 aromatic rings.